The number of para-hydroxylation sites is 2. The van der Waals surface area contributed by atoms with Crippen molar-refractivity contribution in [3.8, 4) is 39.9 Å². The van der Waals surface area contributed by atoms with Crippen LogP contribution in [0.15, 0.2) is 205 Å². The molecule has 68 heavy (non-hydrogen) atoms. The normalized spacial score (nSPS) is 15.9. The molecule has 5 aromatic carbocycles. The van der Waals surface area contributed by atoms with Crippen molar-refractivity contribution in [2.75, 3.05) is 0 Å². The van der Waals surface area contributed by atoms with Gasteiger partial charge in [-0.3, -0.25) is 9.13 Å². The Balaban J connectivity index is 0.961. The third kappa shape index (κ3) is 6.92. The number of aromatic nitrogens is 7. The van der Waals surface area contributed by atoms with Crippen molar-refractivity contribution < 1.29 is 0 Å². The molecule has 324 valence electrons. The van der Waals surface area contributed by atoms with E-state index in [-0.39, 0.29) is 5.92 Å². The van der Waals surface area contributed by atoms with Crippen molar-refractivity contribution in [3.05, 3.63) is 217 Å². The third-order valence-corrected chi connectivity index (χ3v) is 13.4. The first-order valence-electron chi connectivity index (χ1n) is 23.5. The summed E-state index contributed by atoms with van der Waals surface area (Å²) in [7, 11) is 0. The fourth-order valence-electron chi connectivity index (χ4n) is 10.2. The summed E-state index contributed by atoms with van der Waals surface area (Å²) in [6.07, 6.45) is 22.3. The molecule has 8 nitrogen and oxygen atoms in total. The van der Waals surface area contributed by atoms with Crippen molar-refractivity contribution >= 4 is 60.7 Å². The maximum absolute atomic E-state index is 5.47. The molecule has 1 aliphatic heterocycles. The molecule has 0 radical (unpaired) electrons. The number of allylic oxidation sites excluding steroid dienone is 9. The van der Waals surface area contributed by atoms with Crippen molar-refractivity contribution in [2.45, 2.75) is 38.0 Å². The van der Waals surface area contributed by atoms with Crippen LogP contribution in [0.25, 0.3) is 94.9 Å². The topological polar surface area (TPSA) is 86.7 Å². The minimum Gasteiger partial charge on any atom is -0.294 e. The number of rotatable bonds is 8. The molecule has 2 aliphatic carbocycles. The van der Waals surface area contributed by atoms with Gasteiger partial charge in [0.1, 0.15) is 17.3 Å². The third-order valence-electron chi connectivity index (χ3n) is 13.4. The Morgan fingerprint density at radius 2 is 1.15 bits per heavy atom. The summed E-state index contributed by atoms with van der Waals surface area (Å²) in [5.41, 5.74) is 12.8. The highest BCUT2D eigenvalue weighted by Gasteiger charge is 2.25. The second-order valence-corrected chi connectivity index (χ2v) is 17.6. The van der Waals surface area contributed by atoms with E-state index in [0.717, 1.165) is 122 Å². The SMILES string of the molecule is C1=CCC(c2cc(C3=CCCC=C3)nc(C3=NC(n4c5ccccc5c5c6c7ccccc7n(-c7cccc(-c8nc(-c9ccccc9)cc(-c9ccccc9)n8)n7)c6ccc54)=CCC3)n2)C=C1. The van der Waals surface area contributed by atoms with Crippen LogP contribution in [-0.2, 0) is 0 Å². The van der Waals surface area contributed by atoms with Gasteiger partial charge in [0.25, 0.3) is 0 Å². The molecule has 3 aliphatic rings. The Bertz CT molecular complexity index is 3770. The van der Waals surface area contributed by atoms with Gasteiger partial charge in [-0.2, -0.15) is 0 Å². The van der Waals surface area contributed by atoms with Gasteiger partial charge in [-0.05, 0) is 92.3 Å². The molecule has 0 amide bonds. The maximum Gasteiger partial charge on any atom is 0.179 e. The van der Waals surface area contributed by atoms with Gasteiger partial charge < -0.3 is 0 Å². The van der Waals surface area contributed by atoms with Crippen LogP contribution in [0.4, 0.5) is 0 Å². The average molecular weight is 877 g/mol. The van der Waals surface area contributed by atoms with Crippen molar-refractivity contribution in [1.82, 2.24) is 34.1 Å². The van der Waals surface area contributed by atoms with Gasteiger partial charge in [0.2, 0.25) is 0 Å². The number of nitrogens with zero attached hydrogens (tertiary/aromatic N) is 8. The zero-order valence-electron chi connectivity index (χ0n) is 37.2. The monoisotopic (exact) mass is 876 g/mol. The minimum absolute atomic E-state index is 0.194. The number of pyridine rings is 1. The van der Waals surface area contributed by atoms with E-state index in [0.29, 0.717) is 17.3 Å². The zero-order valence-corrected chi connectivity index (χ0v) is 37.2. The summed E-state index contributed by atoms with van der Waals surface area (Å²) in [5.74, 6) is 3.14. The van der Waals surface area contributed by atoms with Crippen LogP contribution >= 0.6 is 0 Å². The predicted octanol–water partition coefficient (Wildman–Crippen LogP) is 14.3. The van der Waals surface area contributed by atoms with Crippen LogP contribution in [0.2, 0.25) is 0 Å². The van der Waals surface area contributed by atoms with Gasteiger partial charge in [0.05, 0.1) is 50.6 Å². The van der Waals surface area contributed by atoms with Crippen LogP contribution in [-0.4, -0.2) is 39.8 Å². The fraction of sp³-hybridized carbons (Fsp3) is 0.100. The lowest BCUT2D eigenvalue weighted by atomic mass is 9.95. The second kappa shape index (κ2) is 16.7. The highest BCUT2D eigenvalue weighted by Crippen LogP contribution is 2.43. The molecule has 6 heterocycles. The first-order chi connectivity index (χ1) is 33.7. The molecule has 1 atom stereocenters. The first-order valence-corrected chi connectivity index (χ1v) is 23.5. The Morgan fingerprint density at radius 3 is 1.84 bits per heavy atom. The van der Waals surface area contributed by atoms with Gasteiger partial charge >= 0.3 is 0 Å². The Kier molecular flexibility index (Phi) is 9.74. The van der Waals surface area contributed by atoms with E-state index in [1.165, 1.54) is 10.8 Å². The van der Waals surface area contributed by atoms with E-state index in [1.54, 1.807) is 0 Å². The molecule has 0 saturated heterocycles. The molecule has 5 aromatic heterocycles. The van der Waals surface area contributed by atoms with Crippen LogP contribution in [0.5, 0.6) is 0 Å². The smallest absolute Gasteiger partial charge is 0.179 e. The highest BCUT2D eigenvalue weighted by atomic mass is 15.1. The molecule has 0 bridgehead atoms. The van der Waals surface area contributed by atoms with Gasteiger partial charge in [0, 0.05) is 38.6 Å². The summed E-state index contributed by atoms with van der Waals surface area (Å²) >= 11 is 0. The van der Waals surface area contributed by atoms with Crippen LogP contribution in [0.3, 0.4) is 0 Å². The summed E-state index contributed by atoms with van der Waals surface area (Å²) in [4.78, 5) is 31.6. The van der Waals surface area contributed by atoms with E-state index < -0.39 is 0 Å². The molecule has 0 saturated carbocycles. The lowest BCUT2D eigenvalue weighted by molar-refractivity contribution is 0.801. The first kappa shape index (κ1) is 39.7. The second-order valence-electron chi connectivity index (χ2n) is 17.6. The molecule has 13 rings (SSSR count). The number of aliphatic imine (C=N–C) groups is 1. The predicted molar refractivity (Wildman–Crippen MR) is 278 cm³/mol. The molecule has 10 aromatic rings. The van der Waals surface area contributed by atoms with E-state index >= 15 is 0 Å². The number of fused-ring (bicyclic) bond motifs is 7. The molecule has 0 spiro atoms. The Labute approximate surface area is 393 Å². The fourth-order valence-corrected chi connectivity index (χ4v) is 10.2. The lowest BCUT2D eigenvalue weighted by Gasteiger charge is -2.19. The van der Waals surface area contributed by atoms with Crippen LogP contribution < -0.4 is 0 Å². The van der Waals surface area contributed by atoms with Gasteiger partial charge in [0.15, 0.2) is 11.6 Å². The zero-order chi connectivity index (χ0) is 45.0. The van der Waals surface area contributed by atoms with Gasteiger partial charge in [-0.25, -0.2) is 29.9 Å². The minimum atomic E-state index is 0.194. The maximum atomic E-state index is 5.47. The Morgan fingerprint density at radius 1 is 0.471 bits per heavy atom. The molecule has 0 N–H and O–H groups in total. The number of hydrogen-bond donors (Lipinski definition) is 0. The number of hydrogen-bond acceptors (Lipinski definition) is 6. The van der Waals surface area contributed by atoms with Crippen LogP contribution in [0.1, 0.15) is 55.2 Å². The Hall–Kier alpha value is -8.62. The molecular formula is C60H44N8. The largest absolute Gasteiger partial charge is 0.294 e. The summed E-state index contributed by atoms with van der Waals surface area (Å²) < 4.78 is 4.62. The van der Waals surface area contributed by atoms with Crippen molar-refractivity contribution in [3.63, 3.8) is 0 Å². The van der Waals surface area contributed by atoms with Crippen molar-refractivity contribution in [2.24, 2.45) is 4.99 Å². The standard InChI is InChI=1S/C60H44N8/c1-5-19-39(20-6-1)47-37-48(40-21-7-2-8-22-40)64-59(63-47)45-29-17-33-55(61-45)67-51-31-15-13-27-43(51)57-53(67)35-36-54-58(57)44-28-14-16-32-52(44)68(54)56-34-18-30-46(62-56)60-65-49(41-23-9-3-10-24-41)38-50(66-60)42-25-11-4-12-26-42/h1-3,5-11,13-17,19-23,25-29,31-38,41H,4,12,18,24,30H2. The van der Waals surface area contributed by atoms with Crippen LogP contribution in [0, 0.1) is 0 Å². The quantitative estimate of drug-likeness (QED) is 0.152. The van der Waals surface area contributed by atoms with E-state index in [9.17, 15) is 0 Å². The van der Waals surface area contributed by atoms with Crippen molar-refractivity contribution in [1.29, 1.82) is 0 Å². The van der Waals surface area contributed by atoms with E-state index in [2.05, 4.69) is 167 Å². The lowest BCUT2D eigenvalue weighted by Crippen LogP contribution is -2.15. The average Bonchev–Trinajstić information content (AvgIpc) is 3.95. The molecular weight excluding hydrogens is 833 g/mol. The molecule has 8 heteroatoms. The molecule has 1 unspecified atom stereocenters. The summed E-state index contributed by atoms with van der Waals surface area (Å²) in [5, 5.41) is 4.65. The van der Waals surface area contributed by atoms with E-state index in [4.69, 9.17) is 29.9 Å². The van der Waals surface area contributed by atoms with E-state index in [1.807, 2.05) is 42.5 Å². The number of benzene rings is 5. The summed E-state index contributed by atoms with van der Waals surface area (Å²) in [6, 6.07) is 52.8. The van der Waals surface area contributed by atoms with Gasteiger partial charge in [-0.1, -0.05) is 146 Å². The van der Waals surface area contributed by atoms with Gasteiger partial charge in [-0.15, -0.1) is 0 Å². The molecule has 0 fully saturated rings. The summed E-state index contributed by atoms with van der Waals surface area (Å²) in [6.45, 7) is 0. The highest BCUT2D eigenvalue weighted by molar-refractivity contribution is 6.29.